The highest BCUT2D eigenvalue weighted by atomic mass is 32.2. The number of carboxylic acids is 1. The number of aliphatic hydroxyl groups excluding tert-OH is 1. The van der Waals surface area contributed by atoms with Crippen molar-refractivity contribution >= 4 is 39.4 Å². The van der Waals surface area contributed by atoms with Crippen LogP contribution in [0.1, 0.15) is 62.7 Å². The van der Waals surface area contributed by atoms with Crippen LogP contribution in [0.5, 0.6) is 0 Å². The number of aryl methyl sites for hydroxylation is 1. The Bertz CT molecular complexity index is 1610. The molecule has 3 rings (SSSR count). The molecule has 0 aliphatic carbocycles. The van der Waals surface area contributed by atoms with Gasteiger partial charge in [0, 0.05) is 41.2 Å². The predicted octanol–water partition coefficient (Wildman–Crippen LogP) is 2.93. The summed E-state index contributed by atoms with van der Waals surface area (Å²) >= 11 is 0. The first-order chi connectivity index (χ1) is 19.9. The molecule has 13 nitrogen and oxygen atoms in total. The Hall–Kier alpha value is -4.66. The van der Waals surface area contributed by atoms with E-state index in [0.717, 1.165) is 0 Å². The van der Waals surface area contributed by atoms with Gasteiger partial charge in [-0.1, -0.05) is 26.0 Å². The molecule has 2 amide bonds. The molecule has 1 heterocycles. The van der Waals surface area contributed by atoms with Gasteiger partial charge in [0.05, 0.1) is 11.8 Å². The molecule has 0 aliphatic heterocycles. The van der Waals surface area contributed by atoms with Crippen molar-refractivity contribution in [2.45, 2.75) is 27.2 Å². The number of nitrogens with zero attached hydrogens (tertiary/aromatic N) is 1. The number of aliphatic hydroxyl groups is 1. The number of anilines is 1. The number of benzene rings is 2. The summed E-state index contributed by atoms with van der Waals surface area (Å²) in [5.41, 5.74) is 7.21. The first-order valence-electron chi connectivity index (χ1n) is 12.8. The Morgan fingerprint density at radius 3 is 2.07 bits per heavy atom. The minimum absolute atomic E-state index is 0.00898. The van der Waals surface area contributed by atoms with E-state index in [4.69, 9.17) is 15.7 Å². The van der Waals surface area contributed by atoms with E-state index in [1.807, 2.05) is 13.8 Å². The van der Waals surface area contributed by atoms with Gasteiger partial charge in [0.15, 0.2) is 0 Å². The number of pyridine rings is 1. The van der Waals surface area contributed by atoms with Gasteiger partial charge < -0.3 is 26.6 Å². The molecule has 0 saturated carbocycles. The van der Waals surface area contributed by atoms with Crippen molar-refractivity contribution in [1.29, 1.82) is 5.41 Å². The van der Waals surface area contributed by atoms with Gasteiger partial charge in [0.25, 0.3) is 21.9 Å². The third-order valence-corrected chi connectivity index (χ3v) is 6.02. The largest absolute Gasteiger partial charge is 0.478 e. The van der Waals surface area contributed by atoms with Gasteiger partial charge in [-0.15, -0.1) is 0 Å². The summed E-state index contributed by atoms with van der Waals surface area (Å²) in [4.78, 5) is 42.5. The van der Waals surface area contributed by atoms with E-state index in [9.17, 15) is 33.0 Å². The first kappa shape index (κ1) is 34.5. The lowest BCUT2D eigenvalue weighted by Gasteiger charge is -2.24. The number of rotatable bonds is 10. The average Bonchev–Trinajstić information content (AvgIpc) is 2.90. The first-order valence-corrected chi connectivity index (χ1v) is 14.7. The van der Waals surface area contributed by atoms with Gasteiger partial charge in [0.2, 0.25) is 0 Å². The zero-order valence-corrected chi connectivity index (χ0v) is 24.9. The maximum atomic E-state index is 13.2. The van der Waals surface area contributed by atoms with Crippen LogP contribution in [0.3, 0.4) is 0 Å². The zero-order valence-electron chi connectivity index (χ0n) is 24.1. The second-order valence-corrected chi connectivity index (χ2v) is 11.9. The Balaban J connectivity index is 0.00000119. The molecule has 8 N–H and O–H groups in total. The lowest BCUT2D eigenvalue weighted by atomic mass is 9.89. The maximum Gasteiger partial charge on any atom is 0.336 e. The van der Waals surface area contributed by atoms with Gasteiger partial charge in [0.1, 0.15) is 11.5 Å². The molecule has 0 radical (unpaired) electrons. The minimum atomic E-state index is -3.67. The van der Waals surface area contributed by atoms with Crippen molar-refractivity contribution in [2.75, 3.05) is 24.7 Å². The van der Waals surface area contributed by atoms with E-state index < -0.39 is 27.9 Å². The van der Waals surface area contributed by atoms with E-state index in [2.05, 4.69) is 15.6 Å². The van der Waals surface area contributed by atoms with Crippen LogP contribution in [0.15, 0.2) is 54.6 Å². The van der Waals surface area contributed by atoms with Crippen molar-refractivity contribution in [2.24, 2.45) is 11.1 Å². The van der Waals surface area contributed by atoms with Crippen molar-refractivity contribution in [1.82, 2.24) is 10.3 Å². The molecular formula is C29H35N5O8S. The number of carbonyl (C=O) groups is 3. The molecule has 2 aromatic carbocycles. The number of hydrogen-bond acceptors (Lipinski definition) is 8. The normalized spacial score (nSPS) is 11.1. The molecule has 0 saturated heterocycles. The molecule has 0 bridgehead atoms. The quantitative estimate of drug-likeness (QED) is 0.100. The monoisotopic (exact) mass is 613 g/mol. The summed E-state index contributed by atoms with van der Waals surface area (Å²) in [6.07, 6.45) is 1.21. The maximum absolute atomic E-state index is 13.2. The van der Waals surface area contributed by atoms with Crippen LogP contribution in [0.25, 0.3) is 11.1 Å². The fourth-order valence-corrected chi connectivity index (χ4v) is 3.78. The Kier molecular flexibility index (Phi) is 11.6. The number of carbonyl (C=O) groups excluding carboxylic acids is 2. The van der Waals surface area contributed by atoms with E-state index in [0.29, 0.717) is 41.7 Å². The highest BCUT2D eigenvalue weighted by Crippen LogP contribution is 2.29. The number of nitrogens with two attached hydrogens (primary N) is 1. The van der Waals surface area contributed by atoms with Crippen LogP contribution in [-0.4, -0.2) is 71.2 Å². The summed E-state index contributed by atoms with van der Waals surface area (Å²) in [5.74, 6) is -2.36. The molecule has 0 atom stereocenters. The number of carboxylic acid groups (broad SMARTS) is 1. The van der Waals surface area contributed by atoms with Crippen LogP contribution < -0.4 is 16.4 Å². The van der Waals surface area contributed by atoms with Gasteiger partial charge in [-0.2, -0.15) is 8.42 Å². The number of nitrogen functional groups attached to an aromatic ring is 1. The van der Waals surface area contributed by atoms with Crippen LogP contribution >= 0.6 is 0 Å². The molecule has 3 aromatic rings. The summed E-state index contributed by atoms with van der Waals surface area (Å²) in [6, 6.07) is 13.9. The van der Waals surface area contributed by atoms with Crippen molar-refractivity contribution < 1.29 is 37.6 Å². The number of hydrogen-bond donors (Lipinski definition) is 7. The number of nitrogens with one attached hydrogen (secondary N) is 3. The highest BCUT2D eigenvalue weighted by molar-refractivity contribution is 7.85. The Morgan fingerprint density at radius 1 is 0.977 bits per heavy atom. The fraction of sp³-hybridized carbons (Fsp3) is 0.276. The summed E-state index contributed by atoms with van der Waals surface area (Å²) in [5, 5.41) is 32.1. The fourth-order valence-electron chi connectivity index (χ4n) is 3.78. The van der Waals surface area contributed by atoms with Crippen LogP contribution in [0, 0.1) is 17.7 Å². The molecule has 230 valence electrons. The van der Waals surface area contributed by atoms with Crippen molar-refractivity contribution in [3.8, 4) is 11.1 Å². The van der Waals surface area contributed by atoms with Gasteiger partial charge in [-0.25, -0.2) is 9.78 Å². The van der Waals surface area contributed by atoms with Crippen molar-refractivity contribution in [3.05, 3.63) is 82.7 Å². The van der Waals surface area contributed by atoms with E-state index >= 15 is 0 Å². The number of aromatic carboxylic acids is 1. The Morgan fingerprint density at radius 2 is 1.53 bits per heavy atom. The molecule has 1 aromatic heterocycles. The van der Waals surface area contributed by atoms with E-state index in [-0.39, 0.29) is 40.2 Å². The van der Waals surface area contributed by atoms with Gasteiger partial charge in [-0.05, 0) is 66.8 Å². The third kappa shape index (κ3) is 10.9. The summed E-state index contributed by atoms with van der Waals surface area (Å²) < 4.78 is 25.9. The second kappa shape index (κ2) is 14.5. The molecule has 14 heteroatoms. The second-order valence-electron chi connectivity index (χ2n) is 10.4. The highest BCUT2D eigenvalue weighted by Gasteiger charge is 2.23. The molecule has 0 aliphatic rings. The molecule has 0 unspecified atom stereocenters. The molecule has 0 fully saturated rings. The summed E-state index contributed by atoms with van der Waals surface area (Å²) in [6.45, 7) is 5.82. The van der Waals surface area contributed by atoms with E-state index in [1.54, 1.807) is 43.3 Å². The zero-order chi connectivity index (χ0) is 32.5. The third-order valence-electron chi connectivity index (χ3n) is 6.02. The van der Waals surface area contributed by atoms with Crippen LogP contribution in [-0.2, 0) is 10.1 Å². The number of aromatic nitrogens is 1. The standard InChI is InChI=1S/C28H31N5O5.CH4O3S/c1-16-4-10-21(23(32-16)26(36)33-19-8-5-17(6-9-19)24(29)30)20-11-7-18(14-22(20)27(37)38)25(35)31-15-28(2,3)12-13-34;1-5(2,3)4/h4-11,14,34H,12-13,15H2,1-3H3,(H3,29,30)(H,31,35)(H,33,36)(H,37,38);1H3,(H,2,3,4). The van der Waals surface area contributed by atoms with E-state index in [1.165, 1.54) is 18.2 Å². The SMILES string of the molecule is CS(=O)(=O)O.Cc1ccc(-c2ccc(C(=O)NCC(C)(C)CCO)cc2C(=O)O)c(C(=O)Nc2ccc(C(=N)N)cc2)n1. The molecular weight excluding hydrogens is 578 g/mol. The number of amides is 2. The van der Waals surface area contributed by atoms with Crippen LogP contribution in [0.2, 0.25) is 0 Å². The molecule has 43 heavy (non-hydrogen) atoms. The lowest BCUT2D eigenvalue weighted by molar-refractivity contribution is 0.0697. The number of amidine groups is 1. The topological polar surface area (TPSA) is 233 Å². The van der Waals surface area contributed by atoms with Crippen molar-refractivity contribution in [3.63, 3.8) is 0 Å². The smallest absolute Gasteiger partial charge is 0.336 e. The minimum Gasteiger partial charge on any atom is -0.478 e. The van der Waals surface area contributed by atoms with Gasteiger partial charge >= 0.3 is 5.97 Å². The summed E-state index contributed by atoms with van der Waals surface area (Å²) in [7, 11) is -3.67. The molecule has 0 spiro atoms. The van der Waals surface area contributed by atoms with Gasteiger partial charge in [-0.3, -0.25) is 19.6 Å². The Labute approximate surface area is 249 Å². The van der Waals surface area contributed by atoms with Crippen LogP contribution in [0.4, 0.5) is 5.69 Å². The lowest BCUT2D eigenvalue weighted by Crippen LogP contribution is -2.34. The average molecular weight is 614 g/mol. The predicted molar refractivity (Wildman–Crippen MR) is 162 cm³/mol.